The van der Waals surface area contributed by atoms with E-state index in [2.05, 4.69) is 20.3 Å². The molecule has 1 aliphatic carbocycles. The maximum atomic E-state index is 12.3. The lowest BCUT2D eigenvalue weighted by atomic mass is 10.1. The Kier molecular flexibility index (Phi) is 4.32. The minimum absolute atomic E-state index is 0.115. The highest BCUT2D eigenvalue weighted by Crippen LogP contribution is 2.43. The first-order valence-corrected chi connectivity index (χ1v) is 9.58. The lowest BCUT2D eigenvalue weighted by Gasteiger charge is -2.07. The van der Waals surface area contributed by atoms with Crippen LogP contribution in [0.1, 0.15) is 47.3 Å². The quantitative estimate of drug-likeness (QED) is 0.722. The number of nitrogens with zero attached hydrogens (tertiary/aromatic N) is 2. The molecule has 134 valence electrons. The van der Waals surface area contributed by atoms with Gasteiger partial charge in [0.05, 0.1) is 15.2 Å². The summed E-state index contributed by atoms with van der Waals surface area (Å²) in [5.74, 6) is 1.11. The van der Waals surface area contributed by atoms with E-state index in [4.69, 9.17) is 0 Å². The number of aromatic nitrogens is 3. The van der Waals surface area contributed by atoms with E-state index < -0.39 is 0 Å². The molecule has 1 fully saturated rings. The average Bonchev–Trinajstić information content (AvgIpc) is 3.33. The van der Waals surface area contributed by atoms with Crippen LogP contribution >= 0.6 is 11.3 Å². The molecule has 7 heteroatoms. The first kappa shape index (κ1) is 16.9. The molecule has 1 amide bonds. The van der Waals surface area contributed by atoms with Gasteiger partial charge in [-0.15, -0.1) is 11.3 Å². The highest BCUT2D eigenvalue weighted by atomic mass is 32.1. The lowest BCUT2D eigenvalue weighted by molar-refractivity contribution is -0.116. The fourth-order valence-corrected chi connectivity index (χ4v) is 4.21. The van der Waals surface area contributed by atoms with Crippen LogP contribution in [0.25, 0.3) is 10.2 Å². The van der Waals surface area contributed by atoms with Gasteiger partial charge in [0.25, 0.3) is 5.56 Å². The summed E-state index contributed by atoms with van der Waals surface area (Å²) in [6, 6.07) is 5.80. The minimum atomic E-state index is -0.165. The molecule has 6 nitrogen and oxygen atoms in total. The number of anilines is 1. The third-order valence-corrected chi connectivity index (χ3v) is 5.74. The van der Waals surface area contributed by atoms with Gasteiger partial charge < -0.3 is 10.3 Å². The van der Waals surface area contributed by atoms with Crippen molar-refractivity contribution in [2.45, 2.75) is 45.4 Å². The first-order chi connectivity index (χ1) is 12.5. The van der Waals surface area contributed by atoms with Gasteiger partial charge in [0.2, 0.25) is 5.91 Å². The molecule has 0 unspecified atom stereocenters. The summed E-state index contributed by atoms with van der Waals surface area (Å²) >= 11 is 1.71. The van der Waals surface area contributed by atoms with Crippen molar-refractivity contribution in [3.8, 4) is 0 Å². The van der Waals surface area contributed by atoms with Gasteiger partial charge in [-0.1, -0.05) is 0 Å². The summed E-state index contributed by atoms with van der Waals surface area (Å²) in [6.45, 7) is 3.54. The van der Waals surface area contributed by atoms with Gasteiger partial charge in [-0.2, -0.15) is 0 Å². The van der Waals surface area contributed by atoms with Crippen molar-refractivity contribution in [3.63, 3.8) is 0 Å². The largest absolute Gasteiger partial charge is 0.326 e. The Morgan fingerprint density at radius 3 is 2.85 bits per heavy atom. The van der Waals surface area contributed by atoms with E-state index in [1.165, 1.54) is 17.8 Å². The molecule has 0 radical (unpaired) electrons. The van der Waals surface area contributed by atoms with Crippen LogP contribution in [0.2, 0.25) is 0 Å². The van der Waals surface area contributed by atoms with Gasteiger partial charge in [0, 0.05) is 29.3 Å². The summed E-state index contributed by atoms with van der Waals surface area (Å²) in [5, 5.41) is 4.12. The molecule has 0 aliphatic heterocycles. The molecule has 2 aromatic heterocycles. The third-order valence-electron chi connectivity index (χ3n) is 4.56. The summed E-state index contributed by atoms with van der Waals surface area (Å²) in [5.41, 5.74) is 2.83. The molecule has 1 saturated carbocycles. The number of hydrogen-bond acceptors (Lipinski definition) is 5. The predicted octanol–water partition coefficient (Wildman–Crippen LogP) is 3.45. The van der Waals surface area contributed by atoms with E-state index in [1.807, 2.05) is 18.2 Å². The van der Waals surface area contributed by atoms with E-state index >= 15 is 0 Å². The Morgan fingerprint density at radius 1 is 1.31 bits per heavy atom. The molecule has 0 spiro atoms. The summed E-state index contributed by atoms with van der Waals surface area (Å²) < 4.78 is 1.10. The minimum Gasteiger partial charge on any atom is -0.326 e. The summed E-state index contributed by atoms with van der Waals surface area (Å²) in [6.07, 6.45) is 3.07. The SMILES string of the molecule is Cc1nc(C)c(CCC(=O)Nc2ccc3nc(C4CC4)sc3c2)c(=O)[nH]1. The summed E-state index contributed by atoms with van der Waals surface area (Å²) in [7, 11) is 0. The highest BCUT2D eigenvalue weighted by molar-refractivity contribution is 7.18. The van der Waals surface area contributed by atoms with Crippen molar-refractivity contribution >= 4 is 33.1 Å². The standard InChI is InChI=1S/C19H20N4O2S/c1-10-14(18(25)21-11(2)20-10)6-8-17(24)22-13-5-7-15-16(9-13)26-19(23-15)12-3-4-12/h5,7,9,12H,3-4,6,8H2,1-2H3,(H,22,24)(H,20,21,25). The zero-order chi connectivity index (χ0) is 18.3. The molecule has 2 N–H and O–H groups in total. The second kappa shape index (κ2) is 6.64. The fourth-order valence-electron chi connectivity index (χ4n) is 3.03. The Bertz CT molecular complexity index is 1050. The molecule has 3 aromatic rings. The van der Waals surface area contributed by atoms with Gasteiger partial charge in [0.15, 0.2) is 0 Å². The number of carbonyl (C=O) groups is 1. The van der Waals surface area contributed by atoms with Gasteiger partial charge >= 0.3 is 0 Å². The first-order valence-electron chi connectivity index (χ1n) is 8.76. The molecule has 26 heavy (non-hydrogen) atoms. The Morgan fingerprint density at radius 2 is 2.12 bits per heavy atom. The number of carbonyl (C=O) groups excluding carboxylic acids is 1. The van der Waals surface area contributed by atoms with Crippen molar-refractivity contribution < 1.29 is 4.79 Å². The van der Waals surface area contributed by atoms with Crippen molar-refractivity contribution in [3.05, 3.63) is 50.6 Å². The average molecular weight is 368 g/mol. The normalized spacial score (nSPS) is 13.9. The number of fused-ring (bicyclic) bond motifs is 1. The maximum Gasteiger partial charge on any atom is 0.254 e. The van der Waals surface area contributed by atoms with E-state index in [1.54, 1.807) is 25.2 Å². The predicted molar refractivity (Wildman–Crippen MR) is 103 cm³/mol. The van der Waals surface area contributed by atoms with Crippen LogP contribution in [-0.4, -0.2) is 20.9 Å². The van der Waals surface area contributed by atoms with Gasteiger partial charge in [0.1, 0.15) is 5.82 Å². The van der Waals surface area contributed by atoms with Crippen LogP contribution < -0.4 is 10.9 Å². The number of thiazole rings is 1. The molecular weight excluding hydrogens is 348 g/mol. The molecule has 4 rings (SSSR count). The number of hydrogen-bond donors (Lipinski definition) is 2. The molecule has 1 aromatic carbocycles. The van der Waals surface area contributed by atoms with Crippen LogP contribution in [0, 0.1) is 13.8 Å². The highest BCUT2D eigenvalue weighted by Gasteiger charge is 2.27. The van der Waals surface area contributed by atoms with Crippen LogP contribution in [0.3, 0.4) is 0 Å². The van der Waals surface area contributed by atoms with E-state index in [-0.39, 0.29) is 17.9 Å². The van der Waals surface area contributed by atoms with Crippen LogP contribution in [0.4, 0.5) is 5.69 Å². The zero-order valence-corrected chi connectivity index (χ0v) is 15.6. The molecule has 2 heterocycles. The summed E-state index contributed by atoms with van der Waals surface area (Å²) in [4.78, 5) is 35.9. The van der Waals surface area contributed by atoms with Gasteiger partial charge in [-0.05, 0) is 51.3 Å². The van der Waals surface area contributed by atoms with Crippen molar-refractivity contribution in [1.29, 1.82) is 0 Å². The van der Waals surface area contributed by atoms with E-state index in [0.717, 1.165) is 15.9 Å². The molecular formula is C19H20N4O2S. The smallest absolute Gasteiger partial charge is 0.254 e. The Labute approximate surface area is 154 Å². The monoisotopic (exact) mass is 368 g/mol. The topological polar surface area (TPSA) is 87.7 Å². The lowest BCUT2D eigenvalue weighted by Crippen LogP contribution is -2.20. The second-order valence-electron chi connectivity index (χ2n) is 6.77. The number of nitrogens with one attached hydrogen (secondary N) is 2. The van der Waals surface area contributed by atoms with Crippen molar-refractivity contribution in [1.82, 2.24) is 15.0 Å². The number of H-pyrrole nitrogens is 1. The van der Waals surface area contributed by atoms with Crippen LogP contribution in [0.15, 0.2) is 23.0 Å². The van der Waals surface area contributed by atoms with Crippen molar-refractivity contribution in [2.75, 3.05) is 5.32 Å². The second-order valence-corrected chi connectivity index (χ2v) is 7.83. The van der Waals surface area contributed by atoms with Crippen molar-refractivity contribution in [2.24, 2.45) is 0 Å². The van der Waals surface area contributed by atoms with Crippen LogP contribution in [0.5, 0.6) is 0 Å². The maximum absolute atomic E-state index is 12.3. The van der Waals surface area contributed by atoms with E-state index in [0.29, 0.717) is 29.4 Å². The molecule has 0 saturated heterocycles. The third kappa shape index (κ3) is 3.53. The van der Waals surface area contributed by atoms with Gasteiger partial charge in [-0.3, -0.25) is 9.59 Å². The Hall–Kier alpha value is -2.54. The number of aryl methyl sites for hydroxylation is 2. The van der Waals surface area contributed by atoms with E-state index in [9.17, 15) is 9.59 Å². The molecule has 0 atom stereocenters. The molecule has 0 bridgehead atoms. The number of rotatable bonds is 5. The Balaban J connectivity index is 1.43. The molecule has 1 aliphatic rings. The number of aromatic amines is 1. The number of amides is 1. The van der Waals surface area contributed by atoms with Crippen LogP contribution in [-0.2, 0) is 11.2 Å². The zero-order valence-electron chi connectivity index (χ0n) is 14.8. The van der Waals surface area contributed by atoms with Gasteiger partial charge in [-0.25, -0.2) is 9.97 Å². The number of benzene rings is 1. The fraction of sp³-hybridized carbons (Fsp3) is 0.368.